The summed E-state index contributed by atoms with van der Waals surface area (Å²) in [5.74, 6) is 0.428. The summed E-state index contributed by atoms with van der Waals surface area (Å²) in [4.78, 5) is 21.3. The second-order valence-corrected chi connectivity index (χ2v) is 11.9. The van der Waals surface area contributed by atoms with Crippen LogP contribution >= 0.6 is 0 Å². The van der Waals surface area contributed by atoms with E-state index in [-0.39, 0.29) is 23.9 Å². The van der Waals surface area contributed by atoms with Gasteiger partial charge < -0.3 is 9.80 Å². The molecule has 0 bridgehead atoms. The van der Waals surface area contributed by atoms with Crippen molar-refractivity contribution in [3.8, 4) is 0 Å². The monoisotopic (exact) mass is 536 g/mol. The fourth-order valence-corrected chi connectivity index (χ4v) is 7.38. The Morgan fingerprint density at radius 2 is 1.49 bits per heavy atom. The van der Waals surface area contributed by atoms with Crippen molar-refractivity contribution in [3.63, 3.8) is 0 Å². The van der Waals surface area contributed by atoms with Crippen molar-refractivity contribution in [1.29, 1.82) is 0 Å². The number of carbonyl (C=O) groups is 1. The average Bonchev–Trinajstić information content (AvgIpc) is 3.74. The van der Waals surface area contributed by atoms with E-state index in [0.717, 1.165) is 25.1 Å². The molecule has 7 nitrogen and oxygen atoms in total. The number of benzene rings is 1. The van der Waals surface area contributed by atoms with Gasteiger partial charge in [0.2, 0.25) is 15.9 Å². The lowest BCUT2D eigenvalue weighted by molar-refractivity contribution is -0.138. The maximum atomic E-state index is 13.4. The summed E-state index contributed by atoms with van der Waals surface area (Å²) in [7, 11) is -3.58. The Hall–Kier alpha value is -2.66. The number of anilines is 1. The van der Waals surface area contributed by atoms with Crippen molar-refractivity contribution in [2.45, 2.75) is 61.7 Å². The van der Waals surface area contributed by atoms with Gasteiger partial charge in [-0.1, -0.05) is 18.2 Å². The van der Waals surface area contributed by atoms with Gasteiger partial charge in [0.25, 0.3) is 0 Å². The van der Waals surface area contributed by atoms with E-state index < -0.39 is 21.8 Å². The average molecular weight is 537 g/mol. The number of pyridine rings is 1. The molecule has 2 saturated heterocycles. The maximum absolute atomic E-state index is 13.4. The zero-order valence-electron chi connectivity index (χ0n) is 20.5. The van der Waals surface area contributed by atoms with Crippen LogP contribution in [0.15, 0.2) is 53.6 Å². The molecule has 0 unspecified atom stereocenters. The Morgan fingerprint density at radius 3 is 2.03 bits per heavy atom. The topological polar surface area (TPSA) is 73.8 Å². The summed E-state index contributed by atoms with van der Waals surface area (Å²) in [5.41, 5.74) is -0.776. The number of hydrogen-bond donors (Lipinski definition) is 0. The Labute approximate surface area is 215 Å². The molecule has 0 atom stereocenters. The van der Waals surface area contributed by atoms with E-state index in [2.05, 4.69) is 4.98 Å². The highest BCUT2D eigenvalue weighted by Crippen LogP contribution is 2.37. The number of likely N-dealkylation sites (tertiary alicyclic amines) is 1. The summed E-state index contributed by atoms with van der Waals surface area (Å²) in [6.07, 6.45) is 0.621. The Bertz CT molecular complexity index is 1190. The van der Waals surface area contributed by atoms with E-state index in [1.807, 2.05) is 9.80 Å². The van der Waals surface area contributed by atoms with Gasteiger partial charge in [-0.05, 0) is 62.8 Å². The lowest BCUT2D eigenvalue weighted by Gasteiger charge is -2.40. The smallest absolute Gasteiger partial charge is 0.357 e. The zero-order chi connectivity index (χ0) is 26.2. The van der Waals surface area contributed by atoms with E-state index in [1.165, 1.54) is 6.07 Å². The Balaban J connectivity index is 1.15. The molecule has 3 heterocycles. The summed E-state index contributed by atoms with van der Waals surface area (Å²) in [6, 6.07) is 10.9. The van der Waals surface area contributed by atoms with Crippen LogP contribution in [0, 0.1) is 5.92 Å². The lowest BCUT2D eigenvalue weighted by atomic mass is 9.93. The Morgan fingerprint density at radius 1 is 0.865 bits per heavy atom. The highest BCUT2D eigenvalue weighted by Gasteiger charge is 2.44. The first kappa shape index (κ1) is 26.0. The molecule has 0 spiro atoms. The number of hydrogen-bond acceptors (Lipinski definition) is 5. The van der Waals surface area contributed by atoms with Crippen molar-refractivity contribution in [2.75, 3.05) is 31.1 Å². The quantitative estimate of drug-likeness (QED) is 0.555. The minimum absolute atomic E-state index is 0.0422. The van der Waals surface area contributed by atoms with E-state index in [9.17, 15) is 26.4 Å². The van der Waals surface area contributed by atoms with Gasteiger partial charge in [0, 0.05) is 50.4 Å². The number of nitrogens with zero attached hydrogens (tertiary/aromatic N) is 4. The zero-order valence-corrected chi connectivity index (χ0v) is 21.3. The number of amides is 1. The van der Waals surface area contributed by atoms with Gasteiger partial charge in [-0.3, -0.25) is 4.79 Å². The molecule has 11 heteroatoms. The van der Waals surface area contributed by atoms with E-state index >= 15 is 0 Å². The number of aromatic nitrogens is 1. The van der Waals surface area contributed by atoms with Gasteiger partial charge in [-0.2, -0.15) is 17.5 Å². The van der Waals surface area contributed by atoms with Gasteiger partial charge in [-0.15, -0.1) is 0 Å². The van der Waals surface area contributed by atoms with Crippen LogP contribution in [-0.2, 0) is 21.0 Å². The summed E-state index contributed by atoms with van der Waals surface area (Å²) in [5, 5.41) is 0. The molecule has 2 aliphatic heterocycles. The summed E-state index contributed by atoms with van der Waals surface area (Å²) >= 11 is 0. The SMILES string of the molecule is O=C(C1CCN(c2ccc(C(F)(F)F)cn2)CC1)N1CCC(N(C2CC2)S(=O)(=O)c2ccccc2)CC1. The van der Waals surface area contributed by atoms with Gasteiger partial charge in [-0.25, -0.2) is 13.4 Å². The van der Waals surface area contributed by atoms with Gasteiger partial charge in [0.05, 0.1) is 10.5 Å². The molecule has 5 rings (SSSR count). The number of carbonyl (C=O) groups excluding carboxylic acids is 1. The highest BCUT2D eigenvalue weighted by molar-refractivity contribution is 7.89. The van der Waals surface area contributed by atoms with Crippen LogP contribution in [0.25, 0.3) is 0 Å². The summed E-state index contributed by atoms with van der Waals surface area (Å²) in [6.45, 7) is 2.15. The molecule has 0 radical (unpaired) electrons. The summed E-state index contributed by atoms with van der Waals surface area (Å²) < 4.78 is 66.8. The third-order valence-corrected chi connectivity index (χ3v) is 9.62. The minimum Gasteiger partial charge on any atom is -0.357 e. The minimum atomic E-state index is -4.42. The van der Waals surface area contributed by atoms with Gasteiger partial charge in [0.15, 0.2) is 0 Å². The molecule has 1 aromatic carbocycles. The number of rotatable bonds is 6. The molecule has 1 amide bonds. The van der Waals surface area contributed by atoms with Crippen LogP contribution in [-0.4, -0.2) is 66.8 Å². The predicted molar refractivity (Wildman–Crippen MR) is 132 cm³/mol. The molecule has 3 aliphatic rings. The van der Waals surface area contributed by atoms with Crippen molar-refractivity contribution in [1.82, 2.24) is 14.2 Å². The standard InChI is InChI=1S/C26H31F3N4O3S/c27-26(28,29)20-6-9-24(30-18-20)31-14-10-19(11-15-31)25(34)32-16-12-22(13-17-32)33(21-7-8-21)37(35,36)23-4-2-1-3-5-23/h1-6,9,18-19,21-22H,7-8,10-17H2. The first-order chi connectivity index (χ1) is 17.6. The number of halogens is 3. The van der Waals surface area contributed by atoms with Crippen molar-refractivity contribution < 1.29 is 26.4 Å². The van der Waals surface area contributed by atoms with Crippen molar-refractivity contribution >= 4 is 21.7 Å². The fourth-order valence-electron chi connectivity index (χ4n) is 5.43. The van der Waals surface area contributed by atoms with Crippen LogP contribution in [0.1, 0.15) is 44.1 Å². The first-order valence-corrected chi connectivity index (χ1v) is 14.2. The van der Waals surface area contributed by atoms with E-state index in [4.69, 9.17) is 0 Å². The molecule has 0 N–H and O–H groups in total. The molecular weight excluding hydrogens is 505 g/mol. The highest BCUT2D eigenvalue weighted by atomic mass is 32.2. The van der Waals surface area contributed by atoms with E-state index in [1.54, 1.807) is 34.6 Å². The van der Waals surface area contributed by atoms with E-state index in [0.29, 0.717) is 62.6 Å². The molecule has 1 aliphatic carbocycles. The van der Waals surface area contributed by atoms with Gasteiger partial charge >= 0.3 is 6.18 Å². The van der Waals surface area contributed by atoms with Crippen LogP contribution in [0.5, 0.6) is 0 Å². The number of sulfonamides is 1. The van der Waals surface area contributed by atoms with Gasteiger partial charge in [0.1, 0.15) is 5.82 Å². The van der Waals surface area contributed by atoms with Crippen LogP contribution in [0.4, 0.5) is 19.0 Å². The molecule has 200 valence electrons. The largest absolute Gasteiger partial charge is 0.417 e. The lowest BCUT2D eigenvalue weighted by Crippen LogP contribution is -2.51. The fraction of sp³-hybridized carbons (Fsp3) is 0.538. The van der Waals surface area contributed by atoms with Crippen molar-refractivity contribution in [3.05, 3.63) is 54.2 Å². The normalized spacial score (nSPS) is 20.4. The number of alkyl halides is 3. The van der Waals surface area contributed by atoms with Crippen LogP contribution in [0.2, 0.25) is 0 Å². The maximum Gasteiger partial charge on any atom is 0.417 e. The molecular formula is C26H31F3N4O3S. The second kappa shape index (κ2) is 10.2. The third-order valence-electron chi connectivity index (χ3n) is 7.60. The predicted octanol–water partition coefficient (Wildman–Crippen LogP) is 4.16. The number of piperidine rings is 2. The van der Waals surface area contributed by atoms with Crippen molar-refractivity contribution in [2.24, 2.45) is 5.92 Å². The second-order valence-electron chi connectivity index (χ2n) is 10.1. The molecule has 1 aromatic heterocycles. The first-order valence-electron chi connectivity index (χ1n) is 12.8. The Kier molecular flexibility index (Phi) is 7.19. The molecule has 37 heavy (non-hydrogen) atoms. The molecule has 2 aromatic rings. The van der Waals surface area contributed by atoms with Crippen LogP contribution in [0.3, 0.4) is 0 Å². The van der Waals surface area contributed by atoms with Crippen LogP contribution < -0.4 is 4.90 Å². The molecule has 3 fully saturated rings. The molecule has 1 saturated carbocycles. The third kappa shape index (κ3) is 5.62.